The van der Waals surface area contributed by atoms with Crippen LogP contribution in [0, 0.1) is 0 Å². The van der Waals surface area contributed by atoms with Crippen LogP contribution in [0.1, 0.15) is 10.4 Å². The van der Waals surface area contributed by atoms with Crippen LogP contribution < -0.4 is 24.3 Å². The maximum absolute atomic E-state index is 12.5. The molecule has 7 heteroatoms. The van der Waals surface area contributed by atoms with Crippen molar-refractivity contribution in [3.8, 4) is 23.0 Å². The van der Waals surface area contributed by atoms with E-state index in [-0.39, 0.29) is 5.91 Å². The Labute approximate surface area is 157 Å². The van der Waals surface area contributed by atoms with Crippen molar-refractivity contribution in [2.75, 3.05) is 34.5 Å². The van der Waals surface area contributed by atoms with Gasteiger partial charge in [-0.3, -0.25) is 4.79 Å². The number of fused-ring (bicyclic) bond motifs is 1. The Hall–Kier alpha value is -3.35. The Balaban J connectivity index is 1.60. The first kappa shape index (κ1) is 18.4. The van der Waals surface area contributed by atoms with E-state index in [2.05, 4.69) is 10.3 Å². The summed E-state index contributed by atoms with van der Waals surface area (Å²) in [6, 6.07) is 10.9. The highest BCUT2D eigenvalue weighted by Crippen LogP contribution is 2.33. The number of benzene rings is 2. The fraction of sp³-hybridized carbons (Fsp3) is 0.250. The number of hydrogen-bond acceptors (Lipinski definition) is 5. The highest BCUT2D eigenvalue weighted by molar-refractivity contribution is 6.07. The van der Waals surface area contributed by atoms with Gasteiger partial charge in [-0.15, -0.1) is 0 Å². The lowest BCUT2D eigenvalue weighted by atomic mass is 10.1. The van der Waals surface area contributed by atoms with Crippen LogP contribution in [0.15, 0.2) is 42.6 Å². The molecule has 0 saturated heterocycles. The molecule has 1 aromatic heterocycles. The largest absolute Gasteiger partial charge is 0.497 e. The fourth-order valence-corrected chi connectivity index (χ4v) is 2.74. The number of methoxy groups -OCH3 is 3. The quantitative estimate of drug-likeness (QED) is 0.596. The number of amides is 1. The van der Waals surface area contributed by atoms with Crippen molar-refractivity contribution >= 4 is 16.8 Å². The summed E-state index contributed by atoms with van der Waals surface area (Å²) in [7, 11) is 4.75. The molecule has 2 aromatic carbocycles. The minimum absolute atomic E-state index is 0.188. The van der Waals surface area contributed by atoms with Gasteiger partial charge < -0.3 is 29.2 Å². The van der Waals surface area contributed by atoms with Crippen LogP contribution in [0.5, 0.6) is 23.0 Å². The number of rotatable bonds is 8. The lowest BCUT2D eigenvalue weighted by molar-refractivity contribution is 0.0948. The second kappa shape index (κ2) is 8.35. The van der Waals surface area contributed by atoms with Gasteiger partial charge >= 0.3 is 0 Å². The van der Waals surface area contributed by atoms with Crippen LogP contribution in [0.4, 0.5) is 0 Å². The van der Waals surface area contributed by atoms with Gasteiger partial charge in [0, 0.05) is 17.6 Å². The summed E-state index contributed by atoms with van der Waals surface area (Å²) in [4.78, 5) is 15.6. The summed E-state index contributed by atoms with van der Waals surface area (Å²) in [6.45, 7) is 0.738. The second-order valence-corrected chi connectivity index (χ2v) is 5.74. The summed E-state index contributed by atoms with van der Waals surface area (Å²) in [6.07, 6.45) is 1.67. The zero-order chi connectivity index (χ0) is 19.2. The molecule has 1 heterocycles. The number of aromatic nitrogens is 1. The number of nitrogens with one attached hydrogen (secondary N) is 2. The maximum atomic E-state index is 12.5. The molecule has 0 radical (unpaired) electrons. The van der Waals surface area contributed by atoms with E-state index >= 15 is 0 Å². The molecule has 0 fully saturated rings. The number of carbonyl (C=O) groups is 1. The van der Waals surface area contributed by atoms with Crippen molar-refractivity contribution in [2.45, 2.75) is 0 Å². The third-order valence-electron chi connectivity index (χ3n) is 4.15. The Morgan fingerprint density at radius 3 is 2.30 bits per heavy atom. The number of carbonyl (C=O) groups excluding carboxylic acids is 1. The van der Waals surface area contributed by atoms with E-state index in [0.29, 0.717) is 36.0 Å². The zero-order valence-corrected chi connectivity index (χ0v) is 15.5. The molecule has 0 bridgehead atoms. The molecule has 0 aliphatic rings. The van der Waals surface area contributed by atoms with E-state index in [4.69, 9.17) is 18.9 Å². The van der Waals surface area contributed by atoms with E-state index in [1.165, 1.54) is 0 Å². The molecular formula is C20H22N2O5. The van der Waals surface area contributed by atoms with Gasteiger partial charge in [-0.25, -0.2) is 0 Å². The highest BCUT2D eigenvalue weighted by Gasteiger charge is 2.15. The normalized spacial score (nSPS) is 10.5. The average molecular weight is 370 g/mol. The van der Waals surface area contributed by atoms with Crippen LogP contribution >= 0.6 is 0 Å². The van der Waals surface area contributed by atoms with Gasteiger partial charge in [0.05, 0.1) is 39.0 Å². The summed E-state index contributed by atoms with van der Waals surface area (Å²) in [5.41, 5.74) is 1.34. The first-order valence-electron chi connectivity index (χ1n) is 8.44. The molecule has 3 aromatic rings. The third-order valence-corrected chi connectivity index (χ3v) is 4.15. The van der Waals surface area contributed by atoms with E-state index in [1.54, 1.807) is 39.7 Å². The van der Waals surface area contributed by atoms with Gasteiger partial charge in [-0.1, -0.05) is 0 Å². The van der Waals surface area contributed by atoms with Crippen molar-refractivity contribution in [1.29, 1.82) is 0 Å². The van der Waals surface area contributed by atoms with Crippen molar-refractivity contribution < 1.29 is 23.7 Å². The predicted molar refractivity (Wildman–Crippen MR) is 102 cm³/mol. The lowest BCUT2D eigenvalue weighted by Crippen LogP contribution is -2.27. The van der Waals surface area contributed by atoms with Crippen LogP contribution in [-0.4, -0.2) is 45.4 Å². The molecule has 0 aliphatic heterocycles. The molecule has 0 aliphatic carbocycles. The highest BCUT2D eigenvalue weighted by atomic mass is 16.5. The van der Waals surface area contributed by atoms with E-state index < -0.39 is 0 Å². The van der Waals surface area contributed by atoms with Crippen molar-refractivity contribution in [1.82, 2.24) is 10.3 Å². The van der Waals surface area contributed by atoms with Crippen LogP contribution in [0.2, 0.25) is 0 Å². The molecule has 142 valence electrons. The average Bonchev–Trinajstić information content (AvgIpc) is 3.13. The molecule has 27 heavy (non-hydrogen) atoms. The third kappa shape index (κ3) is 4.08. The Kier molecular flexibility index (Phi) is 5.71. The van der Waals surface area contributed by atoms with Gasteiger partial charge in [-0.05, 0) is 30.3 Å². The van der Waals surface area contributed by atoms with Crippen LogP contribution in [0.3, 0.4) is 0 Å². The minimum Gasteiger partial charge on any atom is -0.497 e. The van der Waals surface area contributed by atoms with Crippen LogP contribution in [0.25, 0.3) is 10.9 Å². The van der Waals surface area contributed by atoms with E-state index in [1.807, 2.05) is 24.3 Å². The minimum atomic E-state index is -0.188. The monoisotopic (exact) mass is 370 g/mol. The predicted octanol–water partition coefficient (Wildman–Crippen LogP) is 3.00. The van der Waals surface area contributed by atoms with Gasteiger partial charge in [0.1, 0.15) is 18.1 Å². The smallest absolute Gasteiger partial charge is 0.253 e. The Morgan fingerprint density at radius 1 is 0.963 bits per heavy atom. The standard InChI is InChI=1S/C20H22N2O5/c1-24-13-4-6-14(7-5-13)27-9-8-21-20(23)16-12-22-17-11-19(26-3)18(25-2)10-15(16)17/h4-7,10-12,22H,8-9H2,1-3H3,(H,21,23). The maximum Gasteiger partial charge on any atom is 0.253 e. The summed E-state index contributed by atoms with van der Waals surface area (Å²) >= 11 is 0. The number of H-pyrrole nitrogens is 1. The number of aromatic amines is 1. The van der Waals surface area contributed by atoms with E-state index in [0.717, 1.165) is 16.7 Å². The SMILES string of the molecule is COc1ccc(OCCNC(=O)c2c[nH]c3cc(OC)c(OC)cc23)cc1. The molecule has 0 unspecified atom stereocenters. The summed E-state index contributed by atoms with van der Waals surface area (Å²) in [5.74, 6) is 2.47. The van der Waals surface area contributed by atoms with Crippen molar-refractivity contribution in [2.24, 2.45) is 0 Å². The summed E-state index contributed by atoms with van der Waals surface area (Å²) < 4.78 is 21.3. The molecule has 0 atom stereocenters. The van der Waals surface area contributed by atoms with Gasteiger partial charge in [-0.2, -0.15) is 0 Å². The zero-order valence-electron chi connectivity index (χ0n) is 15.5. The lowest BCUT2D eigenvalue weighted by Gasteiger charge is -2.09. The Morgan fingerprint density at radius 2 is 1.63 bits per heavy atom. The van der Waals surface area contributed by atoms with Gasteiger partial charge in [0.2, 0.25) is 0 Å². The van der Waals surface area contributed by atoms with E-state index in [9.17, 15) is 4.79 Å². The van der Waals surface area contributed by atoms with Crippen molar-refractivity contribution in [3.63, 3.8) is 0 Å². The topological polar surface area (TPSA) is 81.8 Å². The second-order valence-electron chi connectivity index (χ2n) is 5.74. The van der Waals surface area contributed by atoms with Crippen molar-refractivity contribution in [3.05, 3.63) is 48.2 Å². The molecule has 7 nitrogen and oxygen atoms in total. The molecule has 2 N–H and O–H groups in total. The van der Waals surface area contributed by atoms with Crippen LogP contribution in [-0.2, 0) is 0 Å². The fourth-order valence-electron chi connectivity index (χ4n) is 2.74. The first-order valence-corrected chi connectivity index (χ1v) is 8.44. The molecule has 0 saturated carbocycles. The number of ether oxygens (including phenoxy) is 4. The molecule has 3 rings (SSSR count). The summed E-state index contributed by atoms with van der Waals surface area (Å²) in [5, 5.41) is 3.62. The number of hydrogen-bond donors (Lipinski definition) is 2. The Bertz CT molecular complexity index is 918. The molecular weight excluding hydrogens is 348 g/mol. The molecule has 1 amide bonds. The molecule has 0 spiro atoms. The van der Waals surface area contributed by atoms with Gasteiger partial charge in [0.15, 0.2) is 11.5 Å². The first-order chi connectivity index (χ1) is 13.2. The van der Waals surface area contributed by atoms with Gasteiger partial charge in [0.25, 0.3) is 5.91 Å².